The van der Waals surface area contributed by atoms with Crippen LogP contribution in [0.15, 0.2) is 45.8 Å². The van der Waals surface area contributed by atoms with Crippen LogP contribution in [0.3, 0.4) is 0 Å². The van der Waals surface area contributed by atoms with E-state index < -0.39 is 0 Å². The first-order valence-corrected chi connectivity index (χ1v) is 11.3. The number of ether oxygens (including phenoxy) is 1. The summed E-state index contributed by atoms with van der Waals surface area (Å²) in [5.74, 6) is 1.50. The maximum Gasteiger partial charge on any atom is 0.252 e. The fraction of sp³-hybridized carbons (Fsp3) is 0.417. The first-order chi connectivity index (χ1) is 16.1. The average molecular weight is 449 g/mol. The molecule has 1 unspecified atom stereocenters. The van der Waals surface area contributed by atoms with Gasteiger partial charge < -0.3 is 14.1 Å². The topological polar surface area (TPSA) is 102 Å². The predicted octanol–water partition coefficient (Wildman–Crippen LogP) is 2.95. The number of pyridine rings is 1. The van der Waals surface area contributed by atoms with E-state index in [9.17, 15) is 4.79 Å². The van der Waals surface area contributed by atoms with Crippen LogP contribution in [-0.2, 0) is 24.4 Å². The van der Waals surface area contributed by atoms with Crippen molar-refractivity contribution in [2.45, 2.75) is 52.4 Å². The molecule has 5 rings (SSSR count). The Hall–Kier alpha value is -3.30. The first-order valence-electron chi connectivity index (χ1n) is 11.3. The molecule has 1 fully saturated rings. The van der Waals surface area contributed by atoms with E-state index in [1.54, 1.807) is 10.9 Å². The van der Waals surface area contributed by atoms with Gasteiger partial charge in [-0.2, -0.15) is 0 Å². The van der Waals surface area contributed by atoms with Crippen molar-refractivity contribution < 1.29 is 9.15 Å². The van der Waals surface area contributed by atoms with Crippen LogP contribution in [0.2, 0.25) is 0 Å². The van der Waals surface area contributed by atoms with Crippen LogP contribution in [0, 0.1) is 13.8 Å². The number of benzene rings is 1. The van der Waals surface area contributed by atoms with Crippen molar-refractivity contribution in [1.82, 2.24) is 30.1 Å². The zero-order chi connectivity index (χ0) is 22.8. The van der Waals surface area contributed by atoms with Crippen LogP contribution in [0.5, 0.6) is 0 Å². The van der Waals surface area contributed by atoms with Gasteiger partial charge in [0.1, 0.15) is 12.3 Å². The molecule has 9 nitrogen and oxygen atoms in total. The van der Waals surface area contributed by atoms with Gasteiger partial charge in [-0.05, 0) is 66.4 Å². The summed E-state index contributed by atoms with van der Waals surface area (Å²) in [6.45, 7) is 7.00. The lowest BCUT2D eigenvalue weighted by Gasteiger charge is -2.24. The van der Waals surface area contributed by atoms with Crippen molar-refractivity contribution in [3.8, 4) is 0 Å². The number of rotatable bonds is 8. The number of H-pyrrole nitrogens is 1. The number of nitrogens with zero attached hydrogens (tertiary/aromatic N) is 5. The van der Waals surface area contributed by atoms with Gasteiger partial charge in [0.25, 0.3) is 5.56 Å². The molecule has 3 aromatic heterocycles. The Balaban J connectivity index is 1.43. The van der Waals surface area contributed by atoms with Crippen LogP contribution in [0.4, 0.5) is 0 Å². The van der Waals surface area contributed by atoms with Gasteiger partial charge in [0.2, 0.25) is 0 Å². The molecule has 0 bridgehead atoms. The van der Waals surface area contributed by atoms with Gasteiger partial charge in [-0.3, -0.25) is 9.69 Å². The highest BCUT2D eigenvalue weighted by molar-refractivity contribution is 5.85. The number of tetrazole rings is 1. The zero-order valence-corrected chi connectivity index (χ0v) is 19.0. The molecule has 4 heterocycles. The molecule has 0 spiro atoms. The molecule has 1 aliphatic heterocycles. The normalized spacial score (nSPS) is 16.3. The van der Waals surface area contributed by atoms with Gasteiger partial charge >= 0.3 is 0 Å². The quantitative estimate of drug-likeness (QED) is 0.442. The summed E-state index contributed by atoms with van der Waals surface area (Å²) < 4.78 is 13.1. The third-order valence-corrected chi connectivity index (χ3v) is 6.26. The van der Waals surface area contributed by atoms with Crippen molar-refractivity contribution >= 4 is 10.9 Å². The predicted molar refractivity (Wildman–Crippen MR) is 123 cm³/mol. The van der Waals surface area contributed by atoms with Crippen LogP contribution < -0.4 is 5.56 Å². The van der Waals surface area contributed by atoms with Crippen molar-refractivity contribution in [1.29, 1.82) is 0 Å². The van der Waals surface area contributed by atoms with Crippen LogP contribution in [-0.4, -0.2) is 49.3 Å². The third-order valence-electron chi connectivity index (χ3n) is 6.26. The van der Waals surface area contributed by atoms with E-state index in [-0.39, 0.29) is 11.7 Å². The van der Waals surface area contributed by atoms with Crippen LogP contribution >= 0.6 is 0 Å². The molecule has 0 aliphatic carbocycles. The lowest BCUT2D eigenvalue weighted by molar-refractivity contribution is 0.0663. The smallest absolute Gasteiger partial charge is 0.252 e. The molecule has 1 atom stereocenters. The first kappa shape index (κ1) is 21.5. The lowest BCUT2D eigenvalue weighted by Crippen LogP contribution is -2.34. The number of aromatic nitrogens is 5. The molecule has 33 heavy (non-hydrogen) atoms. The molecule has 0 amide bonds. The summed E-state index contributed by atoms with van der Waals surface area (Å²) in [5.41, 5.74) is 3.76. The summed E-state index contributed by atoms with van der Waals surface area (Å²) in [6.07, 6.45) is 3.85. The molecule has 0 saturated carbocycles. The number of aromatic amines is 1. The zero-order valence-electron chi connectivity index (χ0n) is 19.0. The van der Waals surface area contributed by atoms with Crippen molar-refractivity contribution in [2.75, 3.05) is 13.2 Å². The van der Waals surface area contributed by atoms with Crippen molar-refractivity contribution in [3.63, 3.8) is 0 Å². The second-order valence-corrected chi connectivity index (χ2v) is 8.75. The Morgan fingerprint density at radius 1 is 1.21 bits per heavy atom. The Morgan fingerprint density at radius 2 is 2.09 bits per heavy atom. The van der Waals surface area contributed by atoms with Gasteiger partial charge in [0, 0.05) is 30.6 Å². The SMILES string of the molecule is Cc1ccc(C)c2[nH]c(=O)c(CN(Cc3nnnn3Cc3ccco3)CC3CCCO3)cc12. The fourth-order valence-corrected chi connectivity index (χ4v) is 4.45. The second kappa shape index (κ2) is 9.29. The number of nitrogens with one attached hydrogen (secondary N) is 1. The molecule has 172 valence electrons. The summed E-state index contributed by atoms with van der Waals surface area (Å²) >= 11 is 0. The Bertz CT molecular complexity index is 1290. The lowest BCUT2D eigenvalue weighted by atomic mass is 10.0. The van der Waals surface area contributed by atoms with Gasteiger partial charge in [-0.1, -0.05) is 12.1 Å². The van der Waals surface area contributed by atoms with Crippen LogP contribution in [0.1, 0.15) is 41.1 Å². The minimum absolute atomic E-state index is 0.0660. The summed E-state index contributed by atoms with van der Waals surface area (Å²) in [4.78, 5) is 18.3. The number of hydrogen-bond acceptors (Lipinski definition) is 7. The molecule has 1 aromatic carbocycles. The molecule has 1 saturated heterocycles. The highest BCUT2D eigenvalue weighted by Crippen LogP contribution is 2.21. The van der Waals surface area contributed by atoms with Gasteiger partial charge in [-0.25, -0.2) is 4.68 Å². The van der Waals surface area contributed by atoms with E-state index >= 15 is 0 Å². The monoisotopic (exact) mass is 448 g/mol. The number of fused-ring (bicyclic) bond motifs is 1. The Labute approximate surface area is 191 Å². The maximum absolute atomic E-state index is 13.0. The molecular weight excluding hydrogens is 420 g/mol. The molecular formula is C24H28N6O3. The van der Waals surface area contributed by atoms with Crippen molar-refractivity contribution in [2.24, 2.45) is 0 Å². The maximum atomic E-state index is 13.0. The van der Waals surface area contributed by atoms with E-state index in [1.165, 1.54) is 0 Å². The second-order valence-electron chi connectivity index (χ2n) is 8.75. The molecule has 1 aliphatic rings. The molecule has 0 radical (unpaired) electrons. The van der Waals surface area contributed by atoms with Gasteiger partial charge in [0.15, 0.2) is 5.82 Å². The van der Waals surface area contributed by atoms with Crippen LogP contribution in [0.25, 0.3) is 10.9 Å². The number of furan rings is 1. The van der Waals surface area contributed by atoms with E-state index in [1.807, 2.05) is 31.2 Å². The molecule has 9 heteroatoms. The van der Waals surface area contributed by atoms with Crippen molar-refractivity contribution in [3.05, 3.63) is 75.2 Å². The Kier molecular flexibility index (Phi) is 6.06. The molecule has 4 aromatic rings. The minimum atomic E-state index is -0.0660. The van der Waals surface area contributed by atoms with Gasteiger partial charge in [-0.15, -0.1) is 5.10 Å². The van der Waals surface area contributed by atoms with Gasteiger partial charge in [0.05, 0.1) is 24.4 Å². The van der Waals surface area contributed by atoms with E-state index in [0.29, 0.717) is 32.0 Å². The largest absolute Gasteiger partial charge is 0.467 e. The highest BCUT2D eigenvalue weighted by Gasteiger charge is 2.22. The van der Waals surface area contributed by atoms with E-state index in [2.05, 4.69) is 38.4 Å². The average Bonchev–Trinajstić information content (AvgIpc) is 3.57. The third kappa shape index (κ3) is 4.74. The number of aryl methyl sites for hydroxylation is 2. The summed E-state index contributed by atoms with van der Waals surface area (Å²) in [5, 5.41) is 13.3. The standard InChI is InChI=1S/C24H28N6O3/c1-16-7-8-17(2)23-21(16)11-18(24(31)25-23)12-29(13-19-5-3-9-32-19)15-22-26-27-28-30(22)14-20-6-4-10-33-20/h4,6-8,10-11,19H,3,5,9,12-15H2,1-2H3,(H,25,31). The highest BCUT2D eigenvalue weighted by atomic mass is 16.5. The van der Waals surface area contributed by atoms with E-state index in [0.717, 1.165) is 52.8 Å². The molecule has 1 N–H and O–H groups in total. The fourth-order valence-electron chi connectivity index (χ4n) is 4.45. The van der Waals surface area contributed by atoms with E-state index in [4.69, 9.17) is 9.15 Å². The number of hydrogen-bond donors (Lipinski definition) is 1. The Morgan fingerprint density at radius 3 is 2.88 bits per heavy atom. The minimum Gasteiger partial charge on any atom is -0.467 e. The summed E-state index contributed by atoms with van der Waals surface area (Å²) in [6, 6.07) is 9.89. The summed E-state index contributed by atoms with van der Waals surface area (Å²) in [7, 11) is 0.